The number of ketones is 1. The van der Waals surface area contributed by atoms with Gasteiger partial charge in [0.2, 0.25) is 0 Å². The van der Waals surface area contributed by atoms with Crippen LogP contribution >= 0.6 is 0 Å². The molecule has 0 fully saturated rings. The number of nitrogens with zero attached hydrogens (tertiary/aromatic N) is 2. The Kier molecular flexibility index (Phi) is 8.26. The van der Waals surface area contributed by atoms with Crippen molar-refractivity contribution in [2.45, 2.75) is 26.8 Å². The van der Waals surface area contributed by atoms with Crippen LogP contribution in [0.1, 0.15) is 31.1 Å². The molecule has 0 saturated heterocycles. The van der Waals surface area contributed by atoms with Gasteiger partial charge in [0.25, 0.3) is 0 Å². The number of Topliss-reactive ketones (excluding diaryl/α,β-unsaturated/α-hetero) is 1. The number of rotatable bonds is 9. The first-order valence-corrected chi connectivity index (χ1v) is 8.24. The number of carbonyl (C=O) groups is 2. The summed E-state index contributed by atoms with van der Waals surface area (Å²) in [6, 6.07) is 7.04. The van der Waals surface area contributed by atoms with Gasteiger partial charge in [0, 0.05) is 24.7 Å². The van der Waals surface area contributed by atoms with Crippen LogP contribution in [0.15, 0.2) is 24.3 Å². The normalized spacial score (nSPS) is 10.8. The lowest BCUT2D eigenvalue weighted by atomic mass is 10.1. The summed E-state index contributed by atoms with van der Waals surface area (Å²) in [5, 5.41) is 2.92. The molecule has 0 unspecified atom stereocenters. The number of urea groups is 1. The first kappa shape index (κ1) is 20.0. The maximum atomic E-state index is 12.2. The molecule has 24 heavy (non-hydrogen) atoms. The lowest BCUT2D eigenvalue weighted by molar-refractivity contribution is 0.101. The van der Waals surface area contributed by atoms with Gasteiger partial charge >= 0.3 is 6.03 Å². The molecule has 1 rings (SSSR count). The van der Waals surface area contributed by atoms with Crippen LogP contribution < -0.4 is 10.1 Å². The minimum absolute atomic E-state index is 0.0296. The zero-order valence-corrected chi connectivity index (χ0v) is 15.3. The van der Waals surface area contributed by atoms with Crippen molar-refractivity contribution in [3.63, 3.8) is 0 Å². The van der Waals surface area contributed by atoms with Gasteiger partial charge < -0.3 is 19.9 Å². The van der Waals surface area contributed by atoms with E-state index in [1.54, 1.807) is 29.2 Å². The summed E-state index contributed by atoms with van der Waals surface area (Å²) < 4.78 is 5.67. The fourth-order valence-corrected chi connectivity index (χ4v) is 2.13. The van der Waals surface area contributed by atoms with Gasteiger partial charge in [0.15, 0.2) is 5.78 Å². The zero-order chi connectivity index (χ0) is 18.1. The van der Waals surface area contributed by atoms with Gasteiger partial charge in [-0.15, -0.1) is 0 Å². The summed E-state index contributed by atoms with van der Waals surface area (Å²) in [5.41, 5.74) is 0.659. The molecule has 0 aliphatic heterocycles. The number of benzene rings is 1. The van der Waals surface area contributed by atoms with Gasteiger partial charge in [-0.1, -0.05) is 0 Å². The number of ether oxygens (including phenoxy) is 1. The molecule has 0 aliphatic carbocycles. The lowest BCUT2D eigenvalue weighted by Crippen LogP contribution is -2.47. The Bertz CT molecular complexity index is 527. The summed E-state index contributed by atoms with van der Waals surface area (Å²) >= 11 is 0. The largest absolute Gasteiger partial charge is 0.492 e. The van der Waals surface area contributed by atoms with Crippen LogP contribution in [-0.4, -0.2) is 68.0 Å². The van der Waals surface area contributed by atoms with Gasteiger partial charge in [-0.2, -0.15) is 0 Å². The average molecular weight is 335 g/mol. The van der Waals surface area contributed by atoms with Crippen LogP contribution in [-0.2, 0) is 0 Å². The first-order valence-electron chi connectivity index (χ1n) is 8.24. The highest BCUT2D eigenvalue weighted by Crippen LogP contribution is 2.12. The molecule has 6 heteroatoms. The Morgan fingerprint density at radius 2 is 1.75 bits per heavy atom. The summed E-state index contributed by atoms with van der Waals surface area (Å²) in [4.78, 5) is 27.2. The molecule has 0 heterocycles. The van der Waals surface area contributed by atoms with Crippen LogP contribution in [0.3, 0.4) is 0 Å². The molecule has 0 saturated carbocycles. The highest BCUT2D eigenvalue weighted by atomic mass is 16.5. The lowest BCUT2D eigenvalue weighted by Gasteiger charge is -2.27. The molecular formula is C18H29N3O3. The molecule has 1 aromatic rings. The minimum atomic E-state index is -0.0811. The molecule has 1 aromatic carbocycles. The van der Waals surface area contributed by atoms with E-state index < -0.39 is 0 Å². The zero-order valence-electron chi connectivity index (χ0n) is 15.3. The second-order valence-corrected chi connectivity index (χ2v) is 6.25. The number of nitrogens with one attached hydrogen (secondary N) is 1. The third-order valence-electron chi connectivity index (χ3n) is 3.58. The molecule has 134 valence electrons. The Morgan fingerprint density at radius 3 is 2.25 bits per heavy atom. The molecule has 0 aromatic heterocycles. The van der Waals surface area contributed by atoms with E-state index in [0.29, 0.717) is 31.0 Å². The van der Waals surface area contributed by atoms with E-state index in [4.69, 9.17) is 4.74 Å². The smallest absolute Gasteiger partial charge is 0.317 e. The average Bonchev–Trinajstić information content (AvgIpc) is 2.51. The predicted molar refractivity (Wildman–Crippen MR) is 95.7 cm³/mol. The van der Waals surface area contributed by atoms with Crippen LogP contribution in [0.4, 0.5) is 4.79 Å². The van der Waals surface area contributed by atoms with E-state index in [0.717, 1.165) is 6.54 Å². The van der Waals surface area contributed by atoms with E-state index in [2.05, 4.69) is 5.32 Å². The molecule has 2 amide bonds. The molecule has 0 aliphatic rings. The third kappa shape index (κ3) is 7.00. The van der Waals surface area contributed by atoms with Crippen molar-refractivity contribution in [1.82, 2.24) is 15.1 Å². The molecule has 0 atom stereocenters. The van der Waals surface area contributed by atoms with Crippen LogP contribution in [0.5, 0.6) is 5.75 Å². The van der Waals surface area contributed by atoms with Crippen molar-refractivity contribution >= 4 is 11.8 Å². The van der Waals surface area contributed by atoms with E-state index in [1.165, 1.54) is 6.92 Å². The Morgan fingerprint density at radius 1 is 1.12 bits per heavy atom. The minimum Gasteiger partial charge on any atom is -0.492 e. The summed E-state index contributed by atoms with van der Waals surface area (Å²) in [6.07, 6.45) is 0. The van der Waals surface area contributed by atoms with E-state index >= 15 is 0 Å². The Hall–Kier alpha value is -2.08. The summed E-state index contributed by atoms with van der Waals surface area (Å²) in [6.45, 7) is 7.81. The van der Waals surface area contributed by atoms with Crippen molar-refractivity contribution in [3.8, 4) is 5.75 Å². The summed E-state index contributed by atoms with van der Waals surface area (Å²) in [7, 11) is 3.94. The predicted octanol–water partition coefficient (Wildman–Crippen LogP) is 2.25. The Labute approximate surface area is 144 Å². The van der Waals surface area contributed by atoms with Gasteiger partial charge in [-0.3, -0.25) is 4.79 Å². The molecule has 1 N–H and O–H groups in total. The highest BCUT2D eigenvalue weighted by molar-refractivity contribution is 5.94. The topological polar surface area (TPSA) is 61.9 Å². The number of amides is 2. The van der Waals surface area contributed by atoms with E-state index in [9.17, 15) is 9.59 Å². The maximum absolute atomic E-state index is 12.2. The van der Waals surface area contributed by atoms with Crippen molar-refractivity contribution in [2.75, 3.05) is 40.3 Å². The van der Waals surface area contributed by atoms with Crippen molar-refractivity contribution < 1.29 is 14.3 Å². The first-order chi connectivity index (χ1) is 11.3. The SMILES string of the molecule is CC(=O)c1ccc(OCCN(C(=O)NCCN(C)C)C(C)C)cc1. The third-order valence-corrected chi connectivity index (χ3v) is 3.58. The van der Waals surface area contributed by atoms with E-state index in [1.807, 2.05) is 32.8 Å². The van der Waals surface area contributed by atoms with Gasteiger partial charge in [0.05, 0.1) is 6.54 Å². The van der Waals surface area contributed by atoms with Crippen molar-refractivity contribution in [3.05, 3.63) is 29.8 Å². The number of carbonyl (C=O) groups excluding carboxylic acids is 2. The second-order valence-electron chi connectivity index (χ2n) is 6.25. The number of likely N-dealkylation sites (N-methyl/N-ethyl adjacent to an activating group) is 1. The molecule has 0 spiro atoms. The standard InChI is InChI=1S/C18H29N3O3/c1-14(2)21(18(23)19-10-11-20(4)5)12-13-24-17-8-6-16(7-9-17)15(3)22/h6-9,14H,10-13H2,1-5H3,(H,19,23). The molecule has 6 nitrogen and oxygen atoms in total. The molecule has 0 radical (unpaired) electrons. The van der Waals surface area contributed by atoms with Crippen molar-refractivity contribution in [1.29, 1.82) is 0 Å². The number of hydrogen-bond donors (Lipinski definition) is 1. The quantitative estimate of drug-likeness (QED) is 0.703. The monoisotopic (exact) mass is 335 g/mol. The van der Waals surface area contributed by atoms with E-state index in [-0.39, 0.29) is 17.9 Å². The van der Waals surface area contributed by atoms with Gasteiger partial charge in [-0.05, 0) is 59.1 Å². The fraction of sp³-hybridized carbons (Fsp3) is 0.556. The van der Waals surface area contributed by atoms with Gasteiger partial charge in [0.1, 0.15) is 12.4 Å². The summed E-state index contributed by atoms with van der Waals surface area (Å²) in [5.74, 6) is 0.721. The van der Waals surface area contributed by atoms with Crippen LogP contribution in [0.25, 0.3) is 0 Å². The highest BCUT2D eigenvalue weighted by Gasteiger charge is 2.16. The molecule has 0 bridgehead atoms. The fourth-order valence-electron chi connectivity index (χ4n) is 2.13. The van der Waals surface area contributed by atoms with Crippen molar-refractivity contribution in [2.24, 2.45) is 0 Å². The van der Waals surface area contributed by atoms with Crippen LogP contribution in [0, 0.1) is 0 Å². The Balaban J connectivity index is 2.45. The second kappa shape index (κ2) is 9.93. The maximum Gasteiger partial charge on any atom is 0.317 e. The molecular weight excluding hydrogens is 306 g/mol. The van der Waals surface area contributed by atoms with Gasteiger partial charge in [-0.25, -0.2) is 4.79 Å². The number of hydrogen-bond acceptors (Lipinski definition) is 4. The van der Waals surface area contributed by atoms with Crippen LogP contribution in [0.2, 0.25) is 0 Å².